The molecule has 0 spiro atoms. The van der Waals surface area contributed by atoms with E-state index in [4.69, 9.17) is 20.9 Å². The van der Waals surface area contributed by atoms with Crippen LogP contribution in [-0.2, 0) is 33.0 Å². The van der Waals surface area contributed by atoms with E-state index in [0.717, 1.165) is 4.68 Å². The second-order valence-electron chi connectivity index (χ2n) is 10.3. The molecule has 0 unspecified atom stereocenters. The van der Waals surface area contributed by atoms with Gasteiger partial charge in [-0.3, -0.25) is 9.59 Å². The van der Waals surface area contributed by atoms with Crippen molar-refractivity contribution in [3.05, 3.63) is 50.1 Å². The van der Waals surface area contributed by atoms with Gasteiger partial charge in [0.2, 0.25) is 0 Å². The van der Waals surface area contributed by atoms with E-state index in [-0.39, 0.29) is 28.1 Å². The number of hydrogen-bond acceptors (Lipinski definition) is 5. The van der Waals surface area contributed by atoms with Gasteiger partial charge in [-0.05, 0) is 78.9 Å². The van der Waals surface area contributed by atoms with Gasteiger partial charge in [0, 0.05) is 23.2 Å². The van der Waals surface area contributed by atoms with E-state index < -0.39 is 41.1 Å². The molecule has 0 amide bonds. The van der Waals surface area contributed by atoms with Gasteiger partial charge in [0.25, 0.3) is 5.56 Å². The molecule has 34 heavy (non-hydrogen) atoms. The van der Waals surface area contributed by atoms with Crippen LogP contribution in [0.1, 0.15) is 58.4 Å². The number of aromatic nitrogens is 2. The Morgan fingerprint density at radius 3 is 2.29 bits per heavy atom. The minimum atomic E-state index is -1.50. The molecule has 1 fully saturated rings. The summed E-state index contributed by atoms with van der Waals surface area (Å²) in [6.07, 6.45) is 0.616. The maximum Gasteiger partial charge on any atom is 0.458 e. The number of nitrogens with zero attached hydrogens (tertiary/aromatic N) is 2. The Kier molecular flexibility index (Phi) is 6.81. The maximum absolute atomic E-state index is 15.4. The van der Waals surface area contributed by atoms with Crippen molar-refractivity contribution in [2.24, 2.45) is 7.05 Å². The highest BCUT2D eigenvalue weighted by Gasteiger charge is 2.50. The van der Waals surface area contributed by atoms with Crippen LogP contribution in [0.2, 0.25) is 11.3 Å². The highest BCUT2D eigenvalue weighted by molar-refractivity contribution is 6.45. The Morgan fingerprint density at radius 2 is 1.76 bits per heavy atom. The molecular formula is C24H31BClFN2O5. The van der Waals surface area contributed by atoms with E-state index in [9.17, 15) is 14.7 Å². The first-order chi connectivity index (χ1) is 15.5. The lowest BCUT2D eigenvalue weighted by Gasteiger charge is -2.32. The number of aryl methyl sites for hydroxylation is 2. The molecule has 1 aromatic heterocycles. The summed E-state index contributed by atoms with van der Waals surface area (Å²) in [6, 6.07) is 2.61. The zero-order valence-corrected chi connectivity index (χ0v) is 21.6. The van der Waals surface area contributed by atoms with Gasteiger partial charge in [-0.15, -0.1) is 0 Å². The molecule has 1 saturated heterocycles. The molecule has 1 aliphatic rings. The second-order valence-corrected chi connectivity index (χ2v) is 10.7. The Hall–Kier alpha value is -2.23. The molecule has 0 bridgehead atoms. The molecule has 2 heterocycles. The van der Waals surface area contributed by atoms with Crippen LogP contribution in [0.5, 0.6) is 0 Å². The van der Waals surface area contributed by atoms with Crippen LogP contribution in [-0.4, -0.2) is 39.2 Å². The van der Waals surface area contributed by atoms with E-state index in [1.165, 1.54) is 33.0 Å². The van der Waals surface area contributed by atoms with Gasteiger partial charge in [-0.25, -0.2) is 9.07 Å². The van der Waals surface area contributed by atoms with Crippen molar-refractivity contribution in [3.8, 4) is 11.1 Å². The summed E-state index contributed by atoms with van der Waals surface area (Å²) < 4.78 is 28.6. The number of rotatable bonds is 6. The van der Waals surface area contributed by atoms with Crippen molar-refractivity contribution in [1.82, 2.24) is 9.78 Å². The van der Waals surface area contributed by atoms with Gasteiger partial charge in [0.1, 0.15) is 5.82 Å². The molecule has 0 saturated carbocycles. The normalized spacial score (nSPS) is 17.3. The largest absolute Gasteiger partial charge is 0.481 e. The minimum absolute atomic E-state index is 0.0144. The van der Waals surface area contributed by atoms with Crippen LogP contribution in [0.25, 0.3) is 11.1 Å². The zero-order chi connectivity index (χ0) is 25.8. The smallest absolute Gasteiger partial charge is 0.458 e. The summed E-state index contributed by atoms with van der Waals surface area (Å²) in [7, 11) is 0.900. The predicted octanol–water partition coefficient (Wildman–Crippen LogP) is 4.55. The fourth-order valence-corrected chi connectivity index (χ4v) is 4.58. The molecule has 184 valence electrons. The van der Waals surface area contributed by atoms with E-state index >= 15 is 4.39 Å². The van der Waals surface area contributed by atoms with Gasteiger partial charge in [0.05, 0.1) is 27.9 Å². The van der Waals surface area contributed by atoms with Crippen molar-refractivity contribution < 1.29 is 23.6 Å². The third-order valence-electron chi connectivity index (χ3n) is 6.97. The predicted molar refractivity (Wildman–Crippen MR) is 130 cm³/mol. The Balaban J connectivity index is 2.19. The minimum Gasteiger partial charge on any atom is -0.481 e. The van der Waals surface area contributed by atoms with E-state index in [2.05, 4.69) is 5.10 Å². The van der Waals surface area contributed by atoms with Crippen molar-refractivity contribution >= 4 is 24.7 Å². The van der Waals surface area contributed by atoms with Crippen LogP contribution in [0, 0.1) is 12.7 Å². The summed E-state index contributed by atoms with van der Waals surface area (Å²) >= 11 is 6.52. The maximum atomic E-state index is 15.4. The highest BCUT2D eigenvalue weighted by Crippen LogP contribution is 2.41. The van der Waals surface area contributed by atoms with Crippen LogP contribution in [0.3, 0.4) is 0 Å². The average Bonchev–Trinajstić information content (AvgIpc) is 2.91. The van der Waals surface area contributed by atoms with Gasteiger partial charge < -0.3 is 14.4 Å². The van der Waals surface area contributed by atoms with Gasteiger partial charge in [-0.1, -0.05) is 11.6 Å². The standard InChI is InChI=1S/C24H31BClFN2O5/c1-13-19(22(2,3)21(31)32)18(20(30)29(8)28-13)17-14(15(26)9-10-16(17)27)11-12-25-33-23(4,5)24(6,7)34-25/h9-10H,11-12H2,1-8H3,(H,31,32). The fourth-order valence-electron chi connectivity index (χ4n) is 4.33. The lowest BCUT2D eigenvalue weighted by atomic mass is 9.77. The van der Waals surface area contributed by atoms with Crippen LogP contribution < -0.4 is 5.56 Å². The number of carbonyl (C=O) groups is 1. The topological polar surface area (TPSA) is 90.7 Å². The molecule has 3 rings (SSSR count). The average molecular weight is 493 g/mol. The molecule has 1 aliphatic heterocycles. The lowest BCUT2D eigenvalue weighted by Crippen LogP contribution is -2.41. The summed E-state index contributed by atoms with van der Waals surface area (Å²) in [5.41, 5.74) is -2.36. The fraction of sp³-hybridized carbons (Fsp3) is 0.542. The van der Waals surface area contributed by atoms with Crippen molar-refractivity contribution in [3.63, 3.8) is 0 Å². The second kappa shape index (κ2) is 8.77. The zero-order valence-electron chi connectivity index (χ0n) is 20.9. The molecule has 0 atom stereocenters. The number of benzene rings is 1. The van der Waals surface area contributed by atoms with Crippen molar-refractivity contribution in [1.29, 1.82) is 0 Å². The number of hydrogen-bond donors (Lipinski definition) is 1. The summed E-state index contributed by atoms with van der Waals surface area (Å²) in [5.74, 6) is -1.83. The molecule has 1 N–H and O–H groups in total. The Morgan fingerprint density at radius 1 is 1.21 bits per heavy atom. The van der Waals surface area contributed by atoms with Gasteiger partial charge in [0.15, 0.2) is 0 Å². The molecule has 0 aliphatic carbocycles. The molecule has 2 aromatic rings. The van der Waals surface area contributed by atoms with Crippen LogP contribution in [0.15, 0.2) is 16.9 Å². The van der Waals surface area contributed by atoms with Crippen molar-refractivity contribution in [2.75, 3.05) is 0 Å². The third kappa shape index (κ3) is 4.41. The molecule has 10 heteroatoms. The quantitative estimate of drug-likeness (QED) is 0.595. The first kappa shape index (κ1) is 26.4. The first-order valence-corrected chi connectivity index (χ1v) is 11.5. The first-order valence-electron chi connectivity index (χ1n) is 11.2. The summed E-state index contributed by atoms with van der Waals surface area (Å²) in [5, 5.41) is 14.3. The van der Waals surface area contributed by atoms with Gasteiger partial charge >= 0.3 is 13.1 Å². The number of halogens is 2. The summed E-state index contributed by atoms with van der Waals surface area (Å²) in [4.78, 5) is 25.4. The van der Waals surface area contributed by atoms with Gasteiger partial charge in [-0.2, -0.15) is 5.10 Å². The monoisotopic (exact) mass is 492 g/mol. The number of aliphatic carboxylic acids is 1. The molecule has 0 radical (unpaired) electrons. The lowest BCUT2D eigenvalue weighted by molar-refractivity contribution is -0.142. The van der Waals surface area contributed by atoms with Crippen LogP contribution >= 0.6 is 11.6 Å². The molecular weight excluding hydrogens is 462 g/mol. The third-order valence-corrected chi connectivity index (χ3v) is 7.32. The van der Waals surface area contributed by atoms with E-state index in [1.807, 2.05) is 27.7 Å². The van der Waals surface area contributed by atoms with Crippen LogP contribution in [0.4, 0.5) is 4.39 Å². The number of carboxylic acid groups (broad SMARTS) is 1. The van der Waals surface area contributed by atoms with Crippen molar-refractivity contribution in [2.45, 2.75) is 77.8 Å². The highest BCUT2D eigenvalue weighted by atomic mass is 35.5. The molecule has 1 aromatic carbocycles. The summed E-state index contributed by atoms with van der Waals surface area (Å²) in [6.45, 7) is 12.3. The molecule has 7 nitrogen and oxygen atoms in total. The SMILES string of the molecule is Cc1nn(C)c(=O)c(-c2c(F)ccc(Cl)c2CCB2OC(C)(C)C(C)(C)O2)c1C(C)(C)C(=O)O. The Labute approximate surface area is 204 Å². The van der Waals surface area contributed by atoms with E-state index in [1.54, 1.807) is 6.92 Å². The Bertz CT molecular complexity index is 1190. The van der Waals surface area contributed by atoms with E-state index in [0.29, 0.717) is 17.6 Å². The number of carboxylic acids is 1.